The fourth-order valence-electron chi connectivity index (χ4n) is 2.42. The summed E-state index contributed by atoms with van der Waals surface area (Å²) >= 11 is 3.13. The van der Waals surface area contributed by atoms with Crippen LogP contribution in [0, 0.1) is 5.82 Å². The molecule has 2 N–H and O–H groups in total. The number of hydrogen-bond acceptors (Lipinski definition) is 4. The van der Waals surface area contributed by atoms with Crippen LogP contribution in [0.25, 0.3) is 0 Å². The number of nitrogens with one attached hydrogen (secondary N) is 2. The normalized spacial score (nSPS) is 15.1. The topological polar surface area (TPSA) is 84.5 Å². The van der Waals surface area contributed by atoms with E-state index in [1.165, 1.54) is 12.1 Å². The van der Waals surface area contributed by atoms with Crippen molar-refractivity contribution in [3.05, 3.63) is 52.3 Å². The third-order valence-electron chi connectivity index (χ3n) is 3.65. The Hall–Kier alpha value is -1.97. The van der Waals surface area contributed by atoms with Gasteiger partial charge in [-0.2, -0.15) is 0 Å². The van der Waals surface area contributed by atoms with Crippen LogP contribution < -0.4 is 14.8 Å². The third kappa shape index (κ3) is 3.83. The first-order valence-electron chi connectivity index (χ1n) is 7.30. The monoisotopic (exact) mass is 428 g/mol. The summed E-state index contributed by atoms with van der Waals surface area (Å²) in [5, 5.41) is 2.66. The maximum atomic E-state index is 13.9. The van der Waals surface area contributed by atoms with E-state index in [4.69, 9.17) is 4.74 Å². The van der Waals surface area contributed by atoms with Gasteiger partial charge in [-0.25, -0.2) is 17.5 Å². The second-order valence-corrected chi connectivity index (χ2v) is 8.11. The molecule has 2 aromatic carbocycles. The predicted molar refractivity (Wildman–Crippen MR) is 93.4 cm³/mol. The Morgan fingerprint density at radius 1 is 1.28 bits per heavy atom. The number of benzene rings is 2. The highest BCUT2D eigenvalue weighted by Crippen LogP contribution is 2.31. The molecule has 0 saturated carbocycles. The number of hydrogen-bond donors (Lipinski definition) is 2. The lowest BCUT2D eigenvalue weighted by molar-refractivity contribution is -0.118. The second-order valence-electron chi connectivity index (χ2n) is 5.51. The van der Waals surface area contributed by atoms with Crippen molar-refractivity contribution < 1.29 is 22.3 Å². The van der Waals surface area contributed by atoms with Crippen LogP contribution >= 0.6 is 15.9 Å². The molecule has 1 atom stereocenters. The fraction of sp³-hybridized carbons (Fsp3) is 0.188. The molecule has 0 radical (unpaired) electrons. The van der Waals surface area contributed by atoms with Crippen molar-refractivity contribution in [3.8, 4) is 5.75 Å². The van der Waals surface area contributed by atoms with Gasteiger partial charge in [-0.15, -0.1) is 0 Å². The largest absolute Gasteiger partial charge is 0.482 e. The average Bonchev–Trinajstić information content (AvgIpc) is 2.55. The molecule has 9 heteroatoms. The van der Waals surface area contributed by atoms with Crippen LogP contribution in [-0.4, -0.2) is 20.9 Å². The van der Waals surface area contributed by atoms with Gasteiger partial charge < -0.3 is 10.1 Å². The van der Waals surface area contributed by atoms with E-state index in [9.17, 15) is 17.6 Å². The number of fused-ring (bicyclic) bond motifs is 1. The lowest BCUT2D eigenvalue weighted by Crippen LogP contribution is -2.28. The first-order valence-corrected chi connectivity index (χ1v) is 9.58. The van der Waals surface area contributed by atoms with Crippen LogP contribution in [0.1, 0.15) is 18.5 Å². The van der Waals surface area contributed by atoms with Crippen molar-refractivity contribution in [2.75, 3.05) is 11.9 Å². The van der Waals surface area contributed by atoms with E-state index >= 15 is 0 Å². The zero-order valence-electron chi connectivity index (χ0n) is 13.0. The van der Waals surface area contributed by atoms with Crippen LogP contribution in [0.4, 0.5) is 10.1 Å². The molecule has 0 fully saturated rings. The molecule has 0 aliphatic carbocycles. The van der Waals surface area contributed by atoms with Gasteiger partial charge in [0.2, 0.25) is 10.0 Å². The van der Waals surface area contributed by atoms with Crippen LogP contribution in [0.15, 0.2) is 45.8 Å². The van der Waals surface area contributed by atoms with E-state index in [2.05, 4.69) is 26.0 Å². The number of amides is 1. The highest BCUT2D eigenvalue weighted by atomic mass is 79.9. The first-order chi connectivity index (χ1) is 11.8. The van der Waals surface area contributed by atoms with Crippen LogP contribution in [-0.2, 0) is 14.8 Å². The van der Waals surface area contributed by atoms with Gasteiger partial charge in [0.05, 0.1) is 5.69 Å². The number of sulfonamides is 1. The molecule has 132 valence electrons. The minimum absolute atomic E-state index is 0.0588. The SMILES string of the molecule is CC(NS(=O)(=O)c1cc(Br)ccc1F)c1ccc2c(c1)NC(=O)CO2. The zero-order valence-corrected chi connectivity index (χ0v) is 15.4. The van der Waals surface area contributed by atoms with Crippen molar-refractivity contribution in [1.82, 2.24) is 4.72 Å². The van der Waals surface area contributed by atoms with Gasteiger partial charge in [0.25, 0.3) is 5.91 Å². The Kier molecular flexibility index (Phi) is 4.81. The summed E-state index contributed by atoms with van der Waals surface area (Å²) in [4.78, 5) is 11.0. The summed E-state index contributed by atoms with van der Waals surface area (Å²) in [5.41, 5.74) is 1.07. The lowest BCUT2D eigenvalue weighted by Gasteiger charge is -2.21. The van der Waals surface area contributed by atoms with Crippen molar-refractivity contribution in [2.45, 2.75) is 17.9 Å². The molecule has 1 aliphatic rings. The minimum atomic E-state index is -4.07. The van der Waals surface area contributed by atoms with Gasteiger partial charge in [0.1, 0.15) is 16.5 Å². The molecule has 3 rings (SSSR count). The highest BCUT2D eigenvalue weighted by molar-refractivity contribution is 9.10. The molecule has 25 heavy (non-hydrogen) atoms. The van der Waals surface area contributed by atoms with Crippen molar-refractivity contribution >= 4 is 37.5 Å². The summed E-state index contributed by atoms with van der Waals surface area (Å²) < 4.78 is 47.0. The number of rotatable bonds is 4. The standard InChI is InChI=1S/C16H14BrFN2O4S/c1-9(10-2-5-14-13(6-10)19-16(21)8-24-14)20-25(22,23)15-7-11(17)3-4-12(15)18/h2-7,9,20H,8H2,1H3,(H,19,21). The zero-order chi connectivity index (χ0) is 18.2. The Morgan fingerprint density at radius 2 is 2.04 bits per heavy atom. The van der Waals surface area contributed by atoms with Gasteiger partial charge in [0, 0.05) is 10.5 Å². The van der Waals surface area contributed by atoms with E-state index in [-0.39, 0.29) is 12.5 Å². The Balaban J connectivity index is 1.86. The van der Waals surface area contributed by atoms with Gasteiger partial charge in [0.15, 0.2) is 6.61 Å². The average molecular weight is 429 g/mol. The first kappa shape index (κ1) is 17.8. The molecule has 2 aromatic rings. The molecule has 1 amide bonds. The van der Waals surface area contributed by atoms with Crippen LogP contribution in [0.5, 0.6) is 5.75 Å². The molecule has 1 heterocycles. The summed E-state index contributed by atoms with van der Waals surface area (Å²) in [6.07, 6.45) is 0. The highest BCUT2D eigenvalue weighted by Gasteiger charge is 2.24. The van der Waals surface area contributed by atoms with Crippen LogP contribution in [0.2, 0.25) is 0 Å². The van der Waals surface area contributed by atoms with Crippen LogP contribution in [0.3, 0.4) is 0 Å². The van der Waals surface area contributed by atoms with Gasteiger partial charge in [-0.05, 0) is 42.8 Å². The molecule has 0 spiro atoms. The van der Waals surface area contributed by atoms with E-state index in [0.717, 1.165) is 6.07 Å². The van der Waals surface area contributed by atoms with E-state index in [1.54, 1.807) is 25.1 Å². The number of halogens is 2. The number of carbonyl (C=O) groups excluding carboxylic acids is 1. The third-order valence-corrected chi connectivity index (χ3v) is 5.70. The summed E-state index contributed by atoms with van der Waals surface area (Å²) in [5.74, 6) is -0.612. The van der Waals surface area contributed by atoms with E-state index in [1.807, 2.05) is 0 Å². The molecule has 0 saturated heterocycles. The minimum Gasteiger partial charge on any atom is -0.482 e. The summed E-state index contributed by atoms with van der Waals surface area (Å²) in [7, 11) is -4.07. The van der Waals surface area contributed by atoms with E-state index in [0.29, 0.717) is 21.5 Å². The predicted octanol–water partition coefficient (Wildman–Crippen LogP) is 2.96. The molecule has 1 unspecified atom stereocenters. The summed E-state index contributed by atoms with van der Waals surface area (Å²) in [6.45, 7) is 1.57. The maximum Gasteiger partial charge on any atom is 0.262 e. The fourth-order valence-corrected chi connectivity index (χ4v) is 4.27. The molecule has 0 aromatic heterocycles. The second kappa shape index (κ2) is 6.74. The van der Waals surface area contributed by atoms with Gasteiger partial charge in [-0.1, -0.05) is 22.0 Å². The Morgan fingerprint density at radius 3 is 2.80 bits per heavy atom. The molecule has 6 nitrogen and oxygen atoms in total. The maximum absolute atomic E-state index is 13.9. The number of ether oxygens (including phenoxy) is 1. The molecular formula is C16H14BrFN2O4S. The number of carbonyl (C=O) groups is 1. The quantitative estimate of drug-likeness (QED) is 0.783. The molecule has 0 bridgehead atoms. The van der Waals surface area contributed by atoms with Gasteiger partial charge in [-0.3, -0.25) is 4.79 Å². The smallest absolute Gasteiger partial charge is 0.262 e. The molecular weight excluding hydrogens is 415 g/mol. The van der Waals surface area contributed by atoms with Crippen molar-refractivity contribution in [3.63, 3.8) is 0 Å². The van der Waals surface area contributed by atoms with Crippen molar-refractivity contribution in [1.29, 1.82) is 0 Å². The molecule has 1 aliphatic heterocycles. The van der Waals surface area contributed by atoms with Gasteiger partial charge >= 0.3 is 0 Å². The van der Waals surface area contributed by atoms with Crippen molar-refractivity contribution in [2.24, 2.45) is 0 Å². The Labute approximate surface area is 152 Å². The number of anilines is 1. The Bertz CT molecular complexity index is 949. The summed E-state index contributed by atoms with van der Waals surface area (Å²) in [6, 6.07) is 8.00. The van der Waals surface area contributed by atoms with E-state index < -0.39 is 26.8 Å². The lowest BCUT2D eigenvalue weighted by atomic mass is 10.1.